The van der Waals surface area contributed by atoms with Crippen LogP contribution in [-0.4, -0.2) is 30.2 Å². The smallest absolute Gasteiger partial charge is 0.365 e. The number of nitrogens with two attached hydrogens (primary N) is 1. The van der Waals surface area contributed by atoms with Gasteiger partial charge in [-0.1, -0.05) is 6.58 Å². The molecule has 0 aliphatic rings. The zero-order valence-electron chi connectivity index (χ0n) is 7.86. The van der Waals surface area contributed by atoms with Gasteiger partial charge in [0.2, 0.25) is 0 Å². The second-order valence-electron chi connectivity index (χ2n) is 2.91. The predicted molar refractivity (Wildman–Crippen MR) is 46.1 cm³/mol. The minimum atomic E-state index is -4.20. The molecule has 0 fully saturated rings. The van der Waals surface area contributed by atoms with Crippen molar-refractivity contribution in [3.05, 3.63) is 12.3 Å². The summed E-state index contributed by atoms with van der Waals surface area (Å²) in [5, 5.41) is 0. The molecule has 0 aromatic rings. The maximum absolute atomic E-state index is 12.0. The van der Waals surface area contributed by atoms with Crippen molar-refractivity contribution < 1.29 is 13.2 Å². The quantitative estimate of drug-likeness (QED) is 0.742. The molecule has 1 atom stereocenters. The monoisotopic (exact) mass is 196 g/mol. The summed E-state index contributed by atoms with van der Waals surface area (Å²) in [5.41, 5.74) is 5.74. The van der Waals surface area contributed by atoms with Gasteiger partial charge in [-0.3, -0.25) is 0 Å². The molecule has 2 nitrogen and oxygen atoms in total. The summed E-state index contributed by atoms with van der Waals surface area (Å²) in [5.74, 6) is 0. The van der Waals surface area contributed by atoms with Gasteiger partial charge < -0.3 is 10.6 Å². The van der Waals surface area contributed by atoms with Crippen LogP contribution in [0.3, 0.4) is 0 Å². The number of halogens is 3. The Morgan fingerprint density at radius 2 is 2.00 bits per heavy atom. The SMILES string of the molecule is C=C([C@@H](C)N)N(CC)CC(F)(F)F. The van der Waals surface area contributed by atoms with Crippen LogP contribution in [0.5, 0.6) is 0 Å². The first kappa shape index (κ1) is 12.3. The Morgan fingerprint density at radius 1 is 1.54 bits per heavy atom. The molecule has 0 aromatic carbocycles. The Kier molecular flexibility index (Phi) is 4.26. The number of rotatable bonds is 4. The Bertz CT molecular complexity index is 175. The van der Waals surface area contributed by atoms with Gasteiger partial charge in [-0.25, -0.2) is 0 Å². The summed E-state index contributed by atoms with van der Waals surface area (Å²) in [6.45, 7) is 6.04. The normalized spacial score (nSPS) is 14.0. The van der Waals surface area contributed by atoms with Crippen molar-refractivity contribution in [3.63, 3.8) is 0 Å². The molecule has 0 spiro atoms. The molecule has 0 aromatic heterocycles. The molecular formula is C8H15F3N2. The fraction of sp³-hybridized carbons (Fsp3) is 0.750. The summed E-state index contributed by atoms with van der Waals surface area (Å²) in [7, 11) is 0. The molecule has 5 heteroatoms. The van der Waals surface area contributed by atoms with Gasteiger partial charge in [0.15, 0.2) is 0 Å². The van der Waals surface area contributed by atoms with Gasteiger partial charge in [0.1, 0.15) is 6.54 Å². The van der Waals surface area contributed by atoms with Crippen LogP contribution in [0.4, 0.5) is 13.2 Å². The average Bonchev–Trinajstić information content (AvgIpc) is 1.97. The first-order chi connectivity index (χ1) is 5.78. The van der Waals surface area contributed by atoms with Gasteiger partial charge in [-0.15, -0.1) is 0 Å². The van der Waals surface area contributed by atoms with E-state index in [-0.39, 0.29) is 6.54 Å². The molecule has 0 aliphatic carbocycles. The summed E-state index contributed by atoms with van der Waals surface area (Å²) in [6.07, 6.45) is -4.20. The summed E-state index contributed by atoms with van der Waals surface area (Å²) in [4.78, 5) is 1.13. The molecule has 0 radical (unpaired) electrons. The van der Waals surface area contributed by atoms with Gasteiger partial charge >= 0.3 is 6.18 Å². The van der Waals surface area contributed by atoms with Crippen LogP contribution in [-0.2, 0) is 0 Å². The van der Waals surface area contributed by atoms with E-state index >= 15 is 0 Å². The summed E-state index contributed by atoms with van der Waals surface area (Å²) in [6, 6.07) is -0.442. The zero-order valence-corrected chi connectivity index (χ0v) is 7.86. The molecule has 2 N–H and O–H groups in total. The Morgan fingerprint density at radius 3 is 2.23 bits per heavy atom. The van der Waals surface area contributed by atoms with E-state index in [2.05, 4.69) is 6.58 Å². The predicted octanol–water partition coefficient (Wildman–Crippen LogP) is 1.73. The lowest BCUT2D eigenvalue weighted by molar-refractivity contribution is -0.141. The van der Waals surface area contributed by atoms with Gasteiger partial charge in [-0.05, 0) is 13.8 Å². The zero-order chi connectivity index (χ0) is 10.6. The van der Waals surface area contributed by atoms with Crippen molar-refractivity contribution in [2.45, 2.75) is 26.1 Å². The van der Waals surface area contributed by atoms with Gasteiger partial charge in [-0.2, -0.15) is 13.2 Å². The fourth-order valence-corrected chi connectivity index (χ4v) is 0.921. The van der Waals surface area contributed by atoms with Crippen molar-refractivity contribution in [2.75, 3.05) is 13.1 Å². The van der Waals surface area contributed by atoms with Crippen LogP contribution in [0.25, 0.3) is 0 Å². The van der Waals surface area contributed by atoms with Crippen molar-refractivity contribution in [1.29, 1.82) is 0 Å². The molecule has 0 saturated carbocycles. The highest BCUT2D eigenvalue weighted by atomic mass is 19.4. The number of nitrogens with zero attached hydrogens (tertiary/aromatic N) is 1. The third-order valence-electron chi connectivity index (χ3n) is 1.68. The van der Waals surface area contributed by atoms with Crippen molar-refractivity contribution in [2.24, 2.45) is 5.73 Å². The van der Waals surface area contributed by atoms with Crippen LogP contribution >= 0.6 is 0 Å². The van der Waals surface area contributed by atoms with Gasteiger partial charge in [0.25, 0.3) is 0 Å². The largest absolute Gasteiger partial charge is 0.405 e. The van der Waals surface area contributed by atoms with Crippen LogP contribution in [0.2, 0.25) is 0 Å². The van der Waals surface area contributed by atoms with Crippen LogP contribution in [0, 0.1) is 0 Å². The van der Waals surface area contributed by atoms with E-state index in [0.717, 1.165) is 4.90 Å². The van der Waals surface area contributed by atoms with Crippen molar-refractivity contribution in [3.8, 4) is 0 Å². The highest BCUT2D eigenvalue weighted by Gasteiger charge is 2.31. The van der Waals surface area contributed by atoms with E-state index in [4.69, 9.17) is 5.73 Å². The number of likely N-dealkylation sites (N-methyl/N-ethyl adjacent to an activating group) is 1. The highest BCUT2D eigenvalue weighted by molar-refractivity contribution is 5.01. The van der Waals surface area contributed by atoms with Gasteiger partial charge in [0.05, 0.1) is 0 Å². The minimum absolute atomic E-state index is 0.264. The third-order valence-corrected chi connectivity index (χ3v) is 1.68. The number of hydrogen-bond acceptors (Lipinski definition) is 2. The van der Waals surface area contributed by atoms with Gasteiger partial charge in [0, 0.05) is 18.3 Å². The topological polar surface area (TPSA) is 29.3 Å². The Labute approximate surface area is 76.2 Å². The van der Waals surface area contributed by atoms with E-state index in [1.165, 1.54) is 0 Å². The molecule has 13 heavy (non-hydrogen) atoms. The number of hydrogen-bond donors (Lipinski definition) is 1. The van der Waals surface area contributed by atoms with Crippen LogP contribution < -0.4 is 5.73 Å². The third kappa shape index (κ3) is 4.77. The highest BCUT2D eigenvalue weighted by Crippen LogP contribution is 2.19. The van der Waals surface area contributed by atoms with Crippen LogP contribution in [0.15, 0.2) is 12.3 Å². The lowest BCUT2D eigenvalue weighted by Crippen LogP contribution is -2.38. The van der Waals surface area contributed by atoms with E-state index in [1.807, 2.05) is 0 Å². The standard InChI is InChI=1S/C8H15F3N2/c1-4-13(5-8(9,10)11)7(3)6(2)12/h6H,3-5,12H2,1-2H3/t6-/m1/s1. The molecule has 0 amide bonds. The van der Waals surface area contributed by atoms with Crippen molar-refractivity contribution >= 4 is 0 Å². The molecule has 78 valence electrons. The molecule has 0 heterocycles. The lowest BCUT2D eigenvalue weighted by atomic mass is 10.2. The van der Waals surface area contributed by atoms with Crippen LogP contribution in [0.1, 0.15) is 13.8 Å². The Balaban J connectivity index is 4.27. The first-order valence-electron chi connectivity index (χ1n) is 4.04. The molecule has 0 saturated heterocycles. The second kappa shape index (κ2) is 4.50. The maximum atomic E-state index is 12.0. The molecular weight excluding hydrogens is 181 g/mol. The minimum Gasteiger partial charge on any atom is -0.365 e. The molecule has 0 unspecified atom stereocenters. The lowest BCUT2D eigenvalue weighted by Gasteiger charge is -2.28. The maximum Gasteiger partial charge on any atom is 0.405 e. The molecule has 0 bridgehead atoms. The molecule has 0 rings (SSSR count). The number of alkyl halides is 3. The summed E-state index contributed by atoms with van der Waals surface area (Å²) < 4.78 is 36.0. The Hall–Kier alpha value is -0.710. The average molecular weight is 196 g/mol. The summed E-state index contributed by atoms with van der Waals surface area (Å²) >= 11 is 0. The second-order valence-corrected chi connectivity index (χ2v) is 2.91. The fourth-order valence-electron chi connectivity index (χ4n) is 0.921. The molecule has 0 aliphatic heterocycles. The first-order valence-corrected chi connectivity index (χ1v) is 4.04. The van der Waals surface area contributed by atoms with E-state index in [0.29, 0.717) is 5.70 Å². The van der Waals surface area contributed by atoms with E-state index < -0.39 is 18.8 Å². The van der Waals surface area contributed by atoms with Crippen molar-refractivity contribution in [1.82, 2.24) is 4.90 Å². The van der Waals surface area contributed by atoms with E-state index in [1.54, 1.807) is 13.8 Å². The van der Waals surface area contributed by atoms with E-state index in [9.17, 15) is 13.2 Å².